The van der Waals surface area contributed by atoms with Gasteiger partial charge in [0.05, 0.1) is 0 Å². The van der Waals surface area contributed by atoms with Crippen LogP contribution >= 0.6 is 429 Å². The Hall–Kier alpha value is 10.7. The number of alkyl halides is 37. The van der Waals surface area contributed by atoms with E-state index in [-0.39, 0.29) is 0 Å². The van der Waals surface area contributed by atoms with Crippen LogP contribution in [0.15, 0.2) is 0 Å². The van der Waals surface area contributed by atoms with E-state index in [0.717, 1.165) is 0 Å². The van der Waals surface area contributed by atoms with E-state index < -0.39 is 77.6 Å². The Labute approximate surface area is 503 Å². The fraction of sp³-hybridized carbons (Fsp3) is 1.00. The molecule has 0 unspecified atom stereocenters. The number of halogens is 37. The van der Waals surface area contributed by atoms with Crippen molar-refractivity contribution in [3.05, 3.63) is 0 Å². The van der Waals surface area contributed by atoms with Crippen LogP contribution in [0.1, 0.15) is 0 Å². The quantitative estimate of drug-likeness (QED) is 0.137. The van der Waals surface area contributed by atoms with Gasteiger partial charge in [-0.1, -0.05) is 429 Å². The molecule has 0 fully saturated rings. The van der Waals surface area contributed by atoms with E-state index in [0.29, 0.717) is 0 Å². The number of hydrogen-bond acceptors (Lipinski definition) is 0. The Morgan fingerprint density at radius 3 is 0.321 bits per heavy atom. The first kappa shape index (κ1) is 66.7. The molecule has 0 N–H and O–H groups in total. The molecule has 0 amide bonds. The third-order valence-electron chi connectivity index (χ3n) is 6.64. The minimum absolute atomic E-state index is 2.88. The second-order valence-corrected chi connectivity index (χ2v) is 35.0. The van der Waals surface area contributed by atoms with Crippen LogP contribution in [0.2, 0.25) is 0 Å². The summed E-state index contributed by atoms with van der Waals surface area (Å²) in [6.45, 7) is 0. The lowest BCUT2D eigenvalue weighted by molar-refractivity contribution is 0.0980. The van der Waals surface area contributed by atoms with Crippen molar-refractivity contribution in [2.24, 2.45) is 0 Å². The molecule has 0 spiro atoms. The third kappa shape index (κ3) is 9.79. The highest BCUT2D eigenvalue weighted by Crippen LogP contribution is 2.79. The topological polar surface area (TPSA) is 19.9 Å². The molecule has 0 atom stereocenters. The Balaban J connectivity index is 7.85. The van der Waals surface area contributed by atoms with E-state index in [9.17, 15) is 5.11 Å². The molecule has 0 aliphatic heterocycles. The maximum atomic E-state index is 12.4. The predicted octanol–water partition coefficient (Wildman–Crippen LogP) is 21.7. The molecule has 0 aliphatic rings. The molecule has 0 rings (SSSR count). The average Bonchev–Trinajstić information content (AvgIpc) is 2.94. The van der Waals surface area contributed by atoms with Gasteiger partial charge < -0.3 is 0 Å². The molecule has 0 aromatic heterocycles. The molecule has 337 valence electrons. The second-order valence-electron chi connectivity index (χ2n) is 10.2. The molecule has 0 saturated heterocycles. The number of hydrogen-bond donors (Lipinski definition) is 0. The Morgan fingerprint density at radius 1 is 0.143 bits per heavy atom. The van der Waals surface area contributed by atoms with E-state index in [1.807, 2.05) is 0 Å². The maximum Gasteiger partial charge on any atom is 0.286 e. The van der Waals surface area contributed by atoms with Crippen LogP contribution in [0.3, 0.4) is 0 Å². The zero-order valence-corrected chi connectivity index (χ0v) is 51.4. The first-order chi connectivity index (χ1) is 23.2. The molecular weight excluding hydrogens is 1540 g/mol. The maximum absolute atomic E-state index is 12.4. The standard InChI is InChI=1S/C18Cl37O/c19-1(20,3(23,24)5(27,28)7(31,32)9(35,36)11(39,40)13(43,44)15(47,48)17(51,52)53)2(21,22)4(25,26)6(29,30)8(33,34)10(37,38)12(41,42)14(45,46)16(49,50)18(54,55)56. The molecule has 0 aromatic rings. The van der Waals surface area contributed by atoms with Gasteiger partial charge in [0.1, 0.15) is 0 Å². The first-order valence-electron chi connectivity index (χ1n) is 11.4. The van der Waals surface area contributed by atoms with Crippen molar-refractivity contribution in [1.29, 1.82) is 0 Å². The predicted molar refractivity (Wildman–Crippen MR) is 266 cm³/mol. The van der Waals surface area contributed by atoms with Crippen LogP contribution in [0.4, 0.5) is 0 Å². The van der Waals surface area contributed by atoms with Gasteiger partial charge >= 0.3 is 0 Å². The third-order valence-corrected chi connectivity index (χ3v) is 32.9. The van der Waals surface area contributed by atoms with Gasteiger partial charge in [0.25, 0.3) is 4.52 Å². The van der Waals surface area contributed by atoms with Gasteiger partial charge in [-0.05, 0) is 0 Å². The van der Waals surface area contributed by atoms with Crippen molar-refractivity contribution < 1.29 is 5.11 Å². The van der Waals surface area contributed by atoms with Gasteiger partial charge in [-0.3, -0.25) is 0 Å². The summed E-state index contributed by atoms with van der Waals surface area (Å²) in [5.41, 5.74) is 0. The summed E-state index contributed by atoms with van der Waals surface area (Å²) in [5, 5.41) is 12.4. The van der Waals surface area contributed by atoms with Gasteiger partial charge in [-0.15, -0.1) is 0 Å². The summed E-state index contributed by atoms with van der Waals surface area (Å²) in [6.07, 6.45) is 0. The lowest BCUT2D eigenvalue weighted by Crippen LogP contribution is -2.76. The lowest BCUT2D eigenvalue weighted by Gasteiger charge is -2.59. The minimum Gasteiger partial charge on any atom is -0.190 e. The van der Waals surface area contributed by atoms with Crippen molar-refractivity contribution >= 4 is 429 Å². The molecular formula is C18Cl37O. The van der Waals surface area contributed by atoms with Crippen LogP contribution in [-0.4, -0.2) is 77.6 Å². The summed E-state index contributed by atoms with van der Waals surface area (Å²) < 4.78 is -63.6. The fourth-order valence-corrected chi connectivity index (χ4v) is 15.5. The van der Waals surface area contributed by atoms with Crippen molar-refractivity contribution in [3.63, 3.8) is 0 Å². The van der Waals surface area contributed by atoms with E-state index >= 15 is 0 Å². The summed E-state index contributed by atoms with van der Waals surface area (Å²) in [5.74, 6) is 0. The Bertz CT molecular complexity index is 1330. The zero-order chi connectivity index (χ0) is 47.0. The van der Waals surface area contributed by atoms with E-state index in [1.54, 1.807) is 0 Å². The highest BCUT2D eigenvalue weighted by molar-refractivity contribution is 6.86. The smallest absolute Gasteiger partial charge is 0.190 e. The lowest BCUT2D eigenvalue weighted by atomic mass is 9.96. The van der Waals surface area contributed by atoms with Gasteiger partial charge in [0.2, 0.25) is 12.5 Å². The Kier molecular flexibility index (Phi) is 23.2. The number of rotatable bonds is 16. The molecule has 1 radical (unpaired) electrons. The van der Waals surface area contributed by atoms with Gasteiger partial charge in [-0.25, -0.2) is 0 Å². The largest absolute Gasteiger partial charge is 0.286 e. The normalized spacial score (nSPS) is 17.5. The van der Waals surface area contributed by atoms with Crippen LogP contribution in [0, 0.1) is 0 Å². The van der Waals surface area contributed by atoms with Crippen LogP contribution < -0.4 is 0 Å². The summed E-state index contributed by atoms with van der Waals surface area (Å²) in [6, 6.07) is 0. The van der Waals surface area contributed by atoms with Crippen LogP contribution in [0.25, 0.3) is 0 Å². The molecule has 0 saturated carbocycles. The van der Waals surface area contributed by atoms with Gasteiger partial charge in [0, 0.05) is 0 Å². The summed E-state index contributed by atoms with van der Waals surface area (Å²) in [7, 11) is 0. The highest BCUT2D eigenvalue weighted by Gasteiger charge is 2.88. The minimum atomic E-state index is -3.74. The van der Waals surface area contributed by atoms with Crippen molar-refractivity contribution in [1.82, 2.24) is 0 Å². The van der Waals surface area contributed by atoms with Crippen molar-refractivity contribution in [2.45, 2.75) is 77.6 Å². The molecule has 56 heavy (non-hydrogen) atoms. The molecule has 0 bridgehead atoms. The second kappa shape index (κ2) is 19.5. The van der Waals surface area contributed by atoms with Crippen molar-refractivity contribution in [2.75, 3.05) is 0 Å². The van der Waals surface area contributed by atoms with Crippen molar-refractivity contribution in [3.8, 4) is 0 Å². The molecule has 0 aliphatic carbocycles. The fourth-order valence-electron chi connectivity index (χ4n) is 3.12. The van der Waals surface area contributed by atoms with Crippen LogP contribution in [0.5, 0.6) is 0 Å². The molecule has 0 aromatic carbocycles. The monoisotopic (exact) mass is 1530 g/mol. The molecule has 0 heterocycles. The summed E-state index contributed by atoms with van der Waals surface area (Å²) in [4.78, 5) is 0. The summed E-state index contributed by atoms with van der Waals surface area (Å²) >= 11 is 233. The molecule has 38 heteroatoms. The van der Waals surface area contributed by atoms with E-state index in [2.05, 4.69) is 0 Å². The van der Waals surface area contributed by atoms with Gasteiger partial charge in [-0.2, -0.15) is 5.11 Å². The van der Waals surface area contributed by atoms with Gasteiger partial charge in [0.15, 0.2) is 60.7 Å². The Morgan fingerprint density at radius 2 is 0.232 bits per heavy atom. The van der Waals surface area contributed by atoms with Crippen LogP contribution in [-0.2, 0) is 5.11 Å². The molecule has 1 nitrogen and oxygen atoms in total. The van der Waals surface area contributed by atoms with E-state index in [1.165, 1.54) is 0 Å². The van der Waals surface area contributed by atoms with E-state index in [4.69, 9.17) is 429 Å². The SMILES string of the molecule is [O]C(Cl)(Cl)C(Cl)(Cl)C(Cl)(Cl)C(Cl)(Cl)C(Cl)(Cl)C(Cl)(Cl)C(Cl)(Cl)C(Cl)(Cl)C(Cl)(Cl)C(Cl)(Cl)C(Cl)(Cl)C(Cl)(Cl)C(Cl)(Cl)C(Cl)(Cl)C(Cl)(Cl)C(Cl)(Cl)C(Cl)(Cl)C(Cl)(Cl)Cl. The average molecular weight is 1540 g/mol. The zero-order valence-electron chi connectivity index (χ0n) is 23.4. The highest BCUT2D eigenvalue weighted by atomic mass is 35.6. The first-order valence-corrected chi connectivity index (χ1v) is 25.4.